The number of para-hydroxylation sites is 1. The Hall–Kier alpha value is -2.51. The molecule has 3 aromatic rings. The summed E-state index contributed by atoms with van der Waals surface area (Å²) in [4.78, 5) is 18.7. The highest BCUT2D eigenvalue weighted by atomic mass is 32.1. The average Bonchev–Trinajstić information content (AvgIpc) is 3.49. The van der Waals surface area contributed by atoms with Crippen LogP contribution in [0.15, 0.2) is 47.8 Å². The molecule has 5 rings (SSSR count). The van der Waals surface area contributed by atoms with E-state index in [1.54, 1.807) is 11.3 Å². The van der Waals surface area contributed by atoms with Gasteiger partial charge in [-0.3, -0.25) is 15.6 Å². The van der Waals surface area contributed by atoms with Gasteiger partial charge < -0.3 is 5.32 Å². The maximum atomic E-state index is 13.0. The van der Waals surface area contributed by atoms with Gasteiger partial charge in [0.25, 0.3) is 5.91 Å². The van der Waals surface area contributed by atoms with Crippen molar-refractivity contribution in [3.63, 3.8) is 0 Å². The molecule has 0 radical (unpaired) electrons. The fourth-order valence-corrected chi connectivity index (χ4v) is 5.61. The largest absolute Gasteiger partial charge is 0.358 e. The molecule has 1 aromatic carbocycles. The number of amides is 1. The maximum Gasteiger partial charge on any atom is 0.270 e. The monoisotopic (exact) mass is 422 g/mol. The van der Waals surface area contributed by atoms with Gasteiger partial charge in [-0.15, -0.1) is 11.3 Å². The van der Waals surface area contributed by atoms with E-state index >= 15 is 0 Å². The Morgan fingerprint density at radius 2 is 2.00 bits per heavy atom. The molecule has 2 bridgehead atoms. The van der Waals surface area contributed by atoms with Crippen LogP contribution in [0.2, 0.25) is 0 Å². The van der Waals surface area contributed by atoms with E-state index in [9.17, 15) is 4.79 Å². The molecular formula is C22H22N4OS2. The van der Waals surface area contributed by atoms with Gasteiger partial charge in [0.15, 0.2) is 5.11 Å². The van der Waals surface area contributed by atoms with Crippen LogP contribution in [-0.2, 0) is 0 Å². The number of thiophene rings is 1. The van der Waals surface area contributed by atoms with Crippen molar-refractivity contribution >= 4 is 45.5 Å². The van der Waals surface area contributed by atoms with Crippen LogP contribution in [0.5, 0.6) is 0 Å². The van der Waals surface area contributed by atoms with E-state index in [0.717, 1.165) is 27.4 Å². The number of rotatable bonds is 3. The first-order valence-corrected chi connectivity index (χ1v) is 11.3. The summed E-state index contributed by atoms with van der Waals surface area (Å²) < 4.78 is 0. The van der Waals surface area contributed by atoms with Crippen molar-refractivity contribution in [3.05, 3.63) is 53.4 Å². The van der Waals surface area contributed by atoms with Crippen LogP contribution >= 0.6 is 23.6 Å². The molecule has 29 heavy (non-hydrogen) atoms. The van der Waals surface area contributed by atoms with Gasteiger partial charge in [0, 0.05) is 11.4 Å². The van der Waals surface area contributed by atoms with Crippen molar-refractivity contribution in [2.45, 2.75) is 31.7 Å². The zero-order valence-corrected chi connectivity index (χ0v) is 17.5. The summed E-state index contributed by atoms with van der Waals surface area (Å²) in [7, 11) is 0. The zero-order valence-electron chi connectivity index (χ0n) is 15.9. The van der Waals surface area contributed by atoms with Gasteiger partial charge in [-0.1, -0.05) is 30.7 Å². The molecule has 0 saturated heterocycles. The summed E-state index contributed by atoms with van der Waals surface area (Å²) in [5, 5.41) is 6.69. The van der Waals surface area contributed by atoms with Crippen molar-refractivity contribution in [1.29, 1.82) is 0 Å². The van der Waals surface area contributed by atoms with E-state index in [-0.39, 0.29) is 5.91 Å². The van der Waals surface area contributed by atoms with Gasteiger partial charge in [0.1, 0.15) is 0 Å². The van der Waals surface area contributed by atoms with Crippen LogP contribution in [0.25, 0.3) is 21.5 Å². The number of aromatic nitrogens is 1. The lowest BCUT2D eigenvalue weighted by molar-refractivity contribution is 0.0945. The molecule has 5 nitrogen and oxygen atoms in total. The molecule has 2 aliphatic rings. The molecule has 2 fully saturated rings. The number of thiocarbonyl (C=S) groups is 1. The molecule has 2 saturated carbocycles. The molecule has 3 N–H and O–H groups in total. The molecule has 148 valence electrons. The number of benzene rings is 1. The summed E-state index contributed by atoms with van der Waals surface area (Å²) in [6, 6.07) is 14.0. The van der Waals surface area contributed by atoms with Crippen LogP contribution in [0.3, 0.4) is 0 Å². The number of hydrogen-bond donors (Lipinski definition) is 3. The molecule has 2 aromatic heterocycles. The van der Waals surface area contributed by atoms with E-state index in [2.05, 4.69) is 16.2 Å². The SMILES string of the molecule is O=C(NNC(=S)N[C@@H]1C[C@H]2CC[C@H]1C2)c1cc(-c2cccs2)nc2ccccc12. The minimum Gasteiger partial charge on any atom is -0.358 e. The topological polar surface area (TPSA) is 66.1 Å². The second-order valence-electron chi connectivity index (χ2n) is 7.88. The van der Waals surface area contributed by atoms with E-state index in [1.807, 2.05) is 47.8 Å². The Morgan fingerprint density at radius 3 is 2.76 bits per heavy atom. The third-order valence-electron chi connectivity index (χ3n) is 6.08. The summed E-state index contributed by atoms with van der Waals surface area (Å²) in [6.45, 7) is 0. The second-order valence-corrected chi connectivity index (χ2v) is 9.24. The van der Waals surface area contributed by atoms with Crippen molar-refractivity contribution in [3.8, 4) is 10.6 Å². The van der Waals surface area contributed by atoms with Gasteiger partial charge >= 0.3 is 0 Å². The first kappa shape index (κ1) is 18.5. The van der Waals surface area contributed by atoms with Crippen molar-refractivity contribution in [2.75, 3.05) is 0 Å². The molecule has 2 aliphatic carbocycles. The van der Waals surface area contributed by atoms with E-state index in [4.69, 9.17) is 17.2 Å². The average molecular weight is 423 g/mol. The zero-order chi connectivity index (χ0) is 19.8. The molecule has 7 heteroatoms. The first-order valence-electron chi connectivity index (χ1n) is 9.98. The molecule has 0 unspecified atom stereocenters. The fourth-order valence-electron chi connectivity index (χ4n) is 4.72. The van der Waals surface area contributed by atoms with Gasteiger partial charge in [-0.2, -0.15) is 0 Å². The second kappa shape index (κ2) is 7.72. The Balaban J connectivity index is 1.32. The quantitative estimate of drug-likeness (QED) is 0.435. The Labute approximate surface area is 178 Å². The summed E-state index contributed by atoms with van der Waals surface area (Å²) in [6.07, 6.45) is 5.12. The Bertz CT molecular complexity index is 1070. The van der Waals surface area contributed by atoms with Gasteiger partial charge in [-0.25, -0.2) is 4.98 Å². The van der Waals surface area contributed by atoms with Gasteiger partial charge in [0.05, 0.1) is 21.7 Å². The number of carbonyl (C=O) groups excluding carboxylic acids is 1. The molecule has 1 amide bonds. The smallest absolute Gasteiger partial charge is 0.270 e. The standard InChI is InChI=1S/C22H22N4OS2/c27-21(25-26-22(28)24-18-11-13-7-8-14(18)10-13)16-12-19(20-6-3-9-29-20)23-17-5-2-1-4-15(16)17/h1-6,9,12-14,18H,7-8,10-11H2,(H,25,27)(H2,24,26,28)/t13-,14-,18+/m0/s1. The van der Waals surface area contributed by atoms with Crippen LogP contribution < -0.4 is 16.2 Å². The van der Waals surface area contributed by atoms with Crippen LogP contribution in [0.1, 0.15) is 36.0 Å². The van der Waals surface area contributed by atoms with Crippen LogP contribution in [0, 0.1) is 11.8 Å². The number of fused-ring (bicyclic) bond motifs is 3. The van der Waals surface area contributed by atoms with E-state index < -0.39 is 0 Å². The van der Waals surface area contributed by atoms with Gasteiger partial charge in [-0.05, 0) is 66.9 Å². The fraction of sp³-hybridized carbons (Fsp3) is 0.318. The summed E-state index contributed by atoms with van der Waals surface area (Å²) in [5.41, 5.74) is 7.83. The first-order chi connectivity index (χ1) is 14.2. The molecule has 0 aliphatic heterocycles. The third-order valence-corrected chi connectivity index (χ3v) is 7.19. The minimum absolute atomic E-state index is 0.224. The number of pyridine rings is 1. The normalized spacial score (nSPS) is 22.6. The number of nitrogens with one attached hydrogen (secondary N) is 3. The molecule has 3 atom stereocenters. The van der Waals surface area contributed by atoms with Crippen LogP contribution in [0.4, 0.5) is 0 Å². The highest BCUT2D eigenvalue weighted by molar-refractivity contribution is 7.80. The lowest BCUT2D eigenvalue weighted by Gasteiger charge is -2.24. The van der Waals surface area contributed by atoms with E-state index in [0.29, 0.717) is 22.6 Å². The summed E-state index contributed by atoms with van der Waals surface area (Å²) >= 11 is 7.02. The number of hydrazine groups is 1. The highest BCUT2D eigenvalue weighted by Gasteiger charge is 2.39. The lowest BCUT2D eigenvalue weighted by Crippen LogP contribution is -2.50. The highest BCUT2D eigenvalue weighted by Crippen LogP contribution is 2.44. The van der Waals surface area contributed by atoms with Gasteiger partial charge in [0.2, 0.25) is 0 Å². The van der Waals surface area contributed by atoms with Crippen molar-refractivity contribution in [2.24, 2.45) is 11.8 Å². The number of hydrogen-bond acceptors (Lipinski definition) is 4. The molecular weight excluding hydrogens is 400 g/mol. The predicted octanol–water partition coefficient (Wildman–Crippen LogP) is 4.26. The summed E-state index contributed by atoms with van der Waals surface area (Å²) in [5.74, 6) is 1.33. The third kappa shape index (κ3) is 3.72. The Morgan fingerprint density at radius 1 is 1.10 bits per heavy atom. The predicted molar refractivity (Wildman–Crippen MR) is 121 cm³/mol. The molecule has 0 spiro atoms. The van der Waals surface area contributed by atoms with Crippen molar-refractivity contribution in [1.82, 2.24) is 21.2 Å². The number of nitrogens with zero attached hydrogens (tertiary/aromatic N) is 1. The van der Waals surface area contributed by atoms with E-state index in [1.165, 1.54) is 25.7 Å². The Kier molecular flexibility index (Phi) is 4.93. The van der Waals surface area contributed by atoms with Crippen LogP contribution in [-0.4, -0.2) is 22.0 Å². The maximum absolute atomic E-state index is 13.0. The number of carbonyl (C=O) groups is 1. The van der Waals surface area contributed by atoms with Crippen molar-refractivity contribution < 1.29 is 4.79 Å². The lowest BCUT2D eigenvalue weighted by atomic mass is 9.96. The molecule has 2 heterocycles. The minimum atomic E-state index is -0.224.